The number of H-pyrrole nitrogens is 1. The lowest BCUT2D eigenvalue weighted by molar-refractivity contribution is -0.275. The second kappa shape index (κ2) is 6.78. The van der Waals surface area contributed by atoms with Gasteiger partial charge in [-0.1, -0.05) is 15.9 Å². The Bertz CT molecular complexity index is 541. The van der Waals surface area contributed by atoms with Crippen molar-refractivity contribution in [2.24, 2.45) is 0 Å². The van der Waals surface area contributed by atoms with Crippen LogP contribution in [0.25, 0.3) is 0 Å². The van der Waals surface area contributed by atoms with Gasteiger partial charge in [0, 0.05) is 17.1 Å². The third-order valence-corrected chi connectivity index (χ3v) is 2.80. The van der Waals surface area contributed by atoms with Gasteiger partial charge in [-0.25, -0.2) is 0 Å². The molecule has 0 aromatic carbocycles. The van der Waals surface area contributed by atoms with Crippen molar-refractivity contribution in [3.8, 4) is 5.75 Å². The van der Waals surface area contributed by atoms with Gasteiger partial charge in [-0.3, -0.25) is 9.59 Å². The van der Waals surface area contributed by atoms with Gasteiger partial charge in [-0.05, 0) is 12.5 Å². The molecule has 0 fully saturated rings. The number of nitrogens with one attached hydrogen (secondary N) is 1. The maximum absolute atomic E-state index is 12.3. The zero-order chi connectivity index (χ0) is 15.3. The third-order valence-electron chi connectivity index (χ3n) is 2.24. The average Bonchev–Trinajstić information content (AvgIpc) is 2.32. The van der Waals surface area contributed by atoms with Gasteiger partial charge in [0.05, 0.1) is 13.0 Å². The fourth-order valence-corrected chi connectivity index (χ4v) is 2.10. The van der Waals surface area contributed by atoms with Crippen LogP contribution < -0.4 is 10.3 Å². The molecule has 0 bridgehead atoms. The summed E-state index contributed by atoms with van der Waals surface area (Å²) in [5.74, 6) is -1.49. The molecule has 112 valence electrons. The first kappa shape index (κ1) is 16.5. The molecule has 0 saturated heterocycles. The molecular weight excluding hydrogens is 347 g/mol. The number of alkyl halides is 4. The summed E-state index contributed by atoms with van der Waals surface area (Å²) >= 11 is 2.98. The highest BCUT2D eigenvalue weighted by atomic mass is 79.9. The quantitative estimate of drug-likeness (QED) is 0.648. The molecule has 1 N–H and O–H groups in total. The lowest BCUT2D eigenvalue weighted by Gasteiger charge is -2.14. The number of ether oxygens (including phenoxy) is 2. The predicted molar refractivity (Wildman–Crippen MR) is 66.7 cm³/mol. The molecular formula is C11H11BrF3NO4. The molecule has 1 heterocycles. The Hall–Kier alpha value is -1.51. The van der Waals surface area contributed by atoms with Crippen molar-refractivity contribution in [2.45, 2.75) is 25.0 Å². The number of carbonyl (C=O) groups is 1. The van der Waals surface area contributed by atoms with Crippen LogP contribution in [0.15, 0.2) is 11.0 Å². The van der Waals surface area contributed by atoms with Gasteiger partial charge in [0.25, 0.3) is 5.56 Å². The summed E-state index contributed by atoms with van der Waals surface area (Å²) in [4.78, 5) is 24.9. The van der Waals surface area contributed by atoms with E-state index in [2.05, 4.69) is 25.7 Å². The van der Waals surface area contributed by atoms with Gasteiger partial charge >= 0.3 is 12.3 Å². The normalized spacial score (nSPS) is 11.2. The first-order valence-corrected chi connectivity index (χ1v) is 6.61. The zero-order valence-electron chi connectivity index (χ0n) is 10.3. The van der Waals surface area contributed by atoms with E-state index in [1.165, 1.54) is 6.20 Å². The topological polar surface area (TPSA) is 68.4 Å². The van der Waals surface area contributed by atoms with Crippen LogP contribution in [0.2, 0.25) is 0 Å². The van der Waals surface area contributed by atoms with Gasteiger partial charge in [0.15, 0.2) is 5.75 Å². The molecule has 1 rings (SSSR count). The smallest absolute Gasteiger partial charge is 0.466 e. The molecule has 0 aliphatic carbocycles. The largest absolute Gasteiger partial charge is 0.573 e. The van der Waals surface area contributed by atoms with E-state index in [0.29, 0.717) is 0 Å². The lowest BCUT2D eigenvalue weighted by atomic mass is 10.1. The van der Waals surface area contributed by atoms with Crippen molar-refractivity contribution >= 4 is 21.9 Å². The molecule has 1 aromatic heterocycles. The first-order valence-electron chi connectivity index (χ1n) is 5.49. The SMILES string of the molecule is CCOC(=O)Cc1c[nH]c(=O)c(OC(F)(F)F)c1CBr. The van der Waals surface area contributed by atoms with E-state index in [4.69, 9.17) is 4.74 Å². The van der Waals surface area contributed by atoms with Crippen LogP contribution in [-0.2, 0) is 21.3 Å². The predicted octanol–water partition coefficient (Wildman–Crippen LogP) is 2.27. The summed E-state index contributed by atoms with van der Waals surface area (Å²) in [7, 11) is 0. The van der Waals surface area contributed by atoms with Gasteiger partial charge in [0.2, 0.25) is 0 Å². The highest BCUT2D eigenvalue weighted by Gasteiger charge is 2.34. The minimum atomic E-state index is -4.99. The van der Waals surface area contributed by atoms with Crippen LogP contribution in [0.3, 0.4) is 0 Å². The van der Waals surface area contributed by atoms with Crippen LogP contribution in [0.1, 0.15) is 18.1 Å². The Kier molecular flexibility index (Phi) is 5.61. The Morgan fingerprint density at radius 1 is 1.45 bits per heavy atom. The van der Waals surface area contributed by atoms with Gasteiger partial charge in [-0.2, -0.15) is 0 Å². The maximum Gasteiger partial charge on any atom is 0.573 e. The molecule has 0 spiro atoms. The number of carbonyl (C=O) groups excluding carboxylic acids is 1. The number of aromatic nitrogens is 1. The number of esters is 1. The molecule has 0 amide bonds. The molecule has 1 aromatic rings. The van der Waals surface area contributed by atoms with Crippen molar-refractivity contribution in [3.63, 3.8) is 0 Å². The van der Waals surface area contributed by atoms with E-state index in [1.807, 2.05) is 0 Å². The van der Waals surface area contributed by atoms with E-state index >= 15 is 0 Å². The van der Waals surface area contributed by atoms with E-state index in [0.717, 1.165) is 0 Å². The van der Waals surface area contributed by atoms with Crippen LogP contribution in [0.4, 0.5) is 13.2 Å². The number of hydrogen-bond acceptors (Lipinski definition) is 4. The number of halogens is 4. The monoisotopic (exact) mass is 357 g/mol. The van der Waals surface area contributed by atoms with Crippen LogP contribution >= 0.6 is 15.9 Å². The van der Waals surface area contributed by atoms with Crippen LogP contribution in [0, 0.1) is 0 Å². The molecule has 0 radical (unpaired) electrons. The van der Waals surface area contributed by atoms with Crippen molar-refractivity contribution in [2.75, 3.05) is 6.61 Å². The summed E-state index contributed by atoms with van der Waals surface area (Å²) in [6.07, 6.45) is -4.09. The summed E-state index contributed by atoms with van der Waals surface area (Å²) < 4.78 is 45.2. The van der Waals surface area contributed by atoms with Gasteiger partial charge in [-0.15, -0.1) is 13.2 Å². The molecule has 5 nitrogen and oxygen atoms in total. The number of rotatable bonds is 5. The molecule has 9 heteroatoms. The first-order chi connectivity index (χ1) is 9.28. The van der Waals surface area contributed by atoms with Crippen molar-refractivity contribution in [3.05, 3.63) is 27.7 Å². The standard InChI is InChI=1S/C11H11BrF3NO4/c1-2-19-8(17)3-6-5-16-10(18)9(7(6)4-12)20-11(13,14)15/h5H,2-4H2,1H3,(H,16,18). The highest BCUT2D eigenvalue weighted by Crippen LogP contribution is 2.27. The minimum absolute atomic E-state index is 0.0425. The summed E-state index contributed by atoms with van der Waals surface area (Å²) in [6, 6.07) is 0. The molecule has 0 aliphatic heterocycles. The molecule has 20 heavy (non-hydrogen) atoms. The fraction of sp³-hybridized carbons (Fsp3) is 0.455. The number of hydrogen-bond donors (Lipinski definition) is 1. The minimum Gasteiger partial charge on any atom is -0.466 e. The maximum atomic E-state index is 12.3. The van der Waals surface area contributed by atoms with Crippen molar-refractivity contribution in [1.82, 2.24) is 4.98 Å². The Morgan fingerprint density at radius 2 is 2.10 bits per heavy atom. The van der Waals surface area contributed by atoms with Gasteiger partial charge < -0.3 is 14.5 Å². The van der Waals surface area contributed by atoms with E-state index in [-0.39, 0.29) is 29.5 Å². The molecule has 0 aliphatic rings. The van der Waals surface area contributed by atoms with E-state index < -0.39 is 23.6 Å². The second-order valence-corrected chi connectivity index (χ2v) is 4.17. The van der Waals surface area contributed by atoms with E-state index in [1.54, 1.807) is 6.92 Å². The lowest BCUT2D eigenvalue weighted by Crippen LogP contribution is -2.25. The molecule has 0 unspecified atom stereocenters. The van der Waals surface area contributed by atoms with E-state index in [9.17, 15) is 22.8 Å². The van der Waals surface area contributed by atoms with Gasteiger partial charge in [0.1, 0.15) is 0 Å². The third kappa shape index (κ3) is 4.55. The van der Waals surface area contributed by atoms with Crippen molar-refractivity contribution in [1.29, 1.82) is 0 Å². The van der Waals surface area contributed by atoms with Crippen LogP contribution in [0.5, 0.6) is 5.75 Å². The summed E-state index contributed by atoms with van der Waals surface area (Å²) in [6.45, 7) is 1.76. The Morgan fingerprint density at radius 3 is 2.60 bits per heavy atom. The fourth-order valence-electron chi connectivity index (χ4n) is 1.48. The summed E-state index contributed by atoms with van der Waals surface area (Å²) in [5.41, 5.74) is -0.873. The van der Waals surface area contributed by atoms with Crippen LogP contribution in [-0.4, -0.2) is 23.9 Å². The van der Waals surface area contributed by atoms with Crippen molar-refractivity contribution < 1.29 is 27.4 Å². The zero-order valence-corrected chi connectivity index (χ0v) is 11.9. The molecule has 0 saturated carbocycles. The Balaban J connectivity index is 3.17. The second-order valence-electron chi connectivity index (χ2n) is 3.61. The number of pyridine rings is 1. The highest BCUT2D eigenvalue weighted by molar-refractivity contribution is 9.08. The molecule has 0 atom stereocenters. The Labute approximate surface area is 120 Å². The summed E-state index contributed by atoms with van der Waals surface area (Å²) in [5, 5.41) is -0.0723. The number of aromatic amines is 1. The average molecular weight is 358 g/mol.